The lowest BCUT2D eigenvalue weighted by Gasteiger charge is -2.14. The molecule has 0 aromatic heterocycles. The van der Waals surface area contributed by atoms with E-state index in [1.807, 2.05) is 0 Å². The number of carbonyl (C=O) groups excluding carboxylic acids is 1. The van der Waals surface area contributed by atoms with Crippen LogP contribution < -0.4 is 0 Å². The van der Waals surface area contributed by atoms with Crippen LogP contribution in [0.3, 0.4) is 0 Å². The second-order valence-corrected chi connectivity index (χ2v) is 3.95. The van der Waals surface area contributed by atoms with Crippen LogP contribution in [0.4, 0.5) is 13.2 Å². The lowest BCUT2D eigenvalue weighted by Crippen LogP contribution is -2.13. The fourth-order valence-corrected chi connectivity index (χ4v) is 2.05. The molecular weight excluding hydrogens is 237 g/mol. The summed E-state index contributed by atoms with van der Waals surface area (Å²) >= 11 is 0. The largest absolute Gasteiger partial charge is 0.457 e. The smallest absolute Gasteiger partial charge is 0.417 e. The van der Waals surface area contributed by atoms with Crippen LogP contribution in [0.15, 0.2) is 12.1 Å². The van der Waals surface area contributed by atoms with Gasteiger partial charge in [0.25, 0.3) is 0 Å². The summed E-state index contributed by atoms with van der Waals surface area (Å²) in [7, 11) is 0. The molecule has 0 spiro atoms. The molecule has 0 radical (unpaired) electrons. The fraction of sp³-hybridized carbons (Fsp3) is 0.364. The minimum atomic E-state index is -4.50. The summed E-state index contributed by atoms with van der Waals surface area (Å²) in [5.74, 6) is -0.700. The Kier molecular flexibility index (Phi) is 2.01. The topological polar surface area (TPSA) is 38.8 Å². The molecule has 1 fully saturated rings. The van der Waals surface area contributed by atoms with E-state index in [1.165, 1.54) is 12.1 Å². The van der Waals surface area contributed by atoms with Crippen molar-refractivity contribution < 1.29 is 27.4 Å². The van der Waals surface area contributed by atoms with Gasteiger partial charge in [-0.05, 0) is 11.6 Å². The maximum atomic E-state index is 13.0. The van der Waals surface area contributed by atoms with Gasteiger partial charge in [-0.2, -0.15) is 13.2 Å². The Morgan fingerprint density at radius 3 is 2.59 bits per heavy atom. The zero-order valence-electron chi connectivity index (χ0n) is 8.50. The van der Waals surface area contributed by atoms with E-state index in [0.29, 0.717) is 0 Å². The van der Waals surface area contributed by atoms with Crippen molar-refractivity contribution >= 4 is 5.97 Å². The van der Waals surface area contributed by atoms with Crippen molar-refractivity contribution in [2.75, 3.05) is 6.61 Å². The lowest BCUT2D eigenvalue weighted by molar-refractivity contribution is -0.139. The molecule has 17 heavy (non-hydrogen) atoms. The Balaban J connectivity index is 2.23. The van der Waals surface area contributed by atoms with Crippen LogP contribution in [0, 0.1) is 0 Å². The summed E-state index contributed by atoms with van der Waals surface area (Å²) in [6.07, 6.45) is -5.01. The van der Waals surface area contributed by atoms with Gasteiger partial charge in [0.2, 0.25) is 0 Å². The van der Waals surface area contributed by atoms with Crippen molar-refractivity contribution in [3.8, 4) is 0 Å². The minimum absolute atomic E-state index is 0.00160. The summed E-state index contributed by atoms with van der Waals surface area (Å²) in [6.45, 7) is -0.0275. The third-order valence-corrected chi connectivity index (χ3v) is 2.88. The first kappa shape index (κ1) is 10.6. The summed E-state index contributed by atoms with van der Waals surface area (Å²) in [5.41, 5.74) is -0.755. The van der Waals surface area contributed by atoms with E-state index in [4.69, 9.17) is 4.74 Å². The number of hydrogen-bond donors (Lipinski definition) is 0. The highest BCUT2D eigenvalue weighted by molar-refractivity contribution is 5.94. The number of carbonyl (C=O) groups is 1. The maximum absolute atomic E-state index is 13.0. The number of alkyl halides is 3. The van der Waals surface area contributed by atoms with E-state index in [-0.39, 0.29) is 29.9 Å². The van der Waals surface area contributed by atoms with Crippen LogP contribution in [-0.2, 0) is 22.3 Å². The van der Waals surface area contributed by atoms with E-state index < -0.39 is 23.8 Å². The third kappa shape index (κ3) is 1.59. The van der Waals surface area contributed by atoms with Gasteiger partial charge in [0.1, 0.15) is 12.7 Å². The van der Waals surface area contributed by atoms with Crippen molar-refractivity contribution in [2.45, 2.75) is 18.9 Å². The number of epoxide rings is 1. The average molecular weight is 244 g/mol. The fourth-order valence-electron chi connectivity index (χ4n) is 2.05. The number of cyclic esters (lactones) is 1. The molecule has 0 aliphatic carbocycles. The molecule has 1 saturated heterocycles. The highest BCUT2D eigenvalue weighted by Crippen LogP contribution is 2.44. The molecule has 0 saturated carbocycles. The Morgan fingerprint density at radius 2 is 2.00 bits per heavy atom. The normalized spacial score (nSPS) is 22.3. The molecule has 90 valence electrons. The molecule has 0 unspecified atom stereocenters. The third-order valence-electron chi connectivity index (χ3n) is 2.88. The van der Waals surface area contributed by atoms with Crippen molar-refractivity contribution in [3.63, 3.8) is 0 Å². The summed E-state index contributed by atoms with van der Waals surface area (Å²) < 4.78 is 48.5. The second-order valence-electron chi connectivity index (χ2n) is 3.95. The SMILES string of the molecule is O=C1OCc2c1ccc([C@@H]1CO1)c2C(F)(F)F. The highest BCUT2D eigenvalue weighted by atomic mass is 19.4. The molecule has 2 aliphatic rings. The van der Waals surface area contributed by atoms with Crippen LogP contribution in [-0.4, -0.2) is 12.6 Å². The molecule has 6 heteroatoms. The monoisotopic (exact) mass is 244 g/mol. The Labute approximate surface area is 94.1 Å². The van der Waals surface area contributed by atoms with Gasteiger partial charge in [-0.15, -0.1) is 0 Å². The second kappa shape index (κ2) is 3.22. The van der Waals surface area contributed by atoms with Crippen molar-refractivity contribution in [3.05, 3.63) is 34.4 Å². The number of benzene rings is 1. The molecule has 3 nitrogen and oxygen atoms in total. The molecular formula is C11H7F3O3. The first-order valence-corrected chi connectivity index (χ1v) is 5.00. The number of fused-ring (bicyclic) bond motifs is 1. The van der Waals surface area contributed by atoms with E-state index in [0.717, 1.165) is 0 Å². The molecule has 3 rings (SSSR count). The van der Waals surface area contributed by atoms with Crippen LogP contribution in [0.25, 0.3) is 0 Å². The van der Waals surface area contributed by atoms with Gasteiger partial charge in [-0.3, -0.25) is 0 Å². The maximum Gasteiger partial charge on any atom is 0.417 e. The zero-order chi connectivity index (χ0) is 12.2. The number of hydrogen-bond acceptors (Lipinski definition) is 3. The number of rotatable bonds is 1. The number of ether oxygens (including phenoxy) is 2. The number of halogens is 3. The Hall–Kier alpha value is -1.56. The molecule has 0 N–H and O–H groups in total. The quantitative estimate of drug-likeness (QED) is 0.562. The van der Waals surface area contributed by atoms with Gasteiger partial charge in [0.15, 0.2) is 0 Å². The van der Waals surface area contributed by atoms with Crippen molar-refractivity contribution in [2.24, 2.45) is 0 Å². The van der Waals surface area contributed by atoms with Crippen LogP contribution in [0.1, 0.15) is 33.2 Å². The highest BCUT2D eigenvalue weighted by Gasteiger charge is 2.44. The van der Waals surface area contributed by atoms with E-state index in [2.05, 4.69) is 4.74 Å². The predicted octanol–water partition coefficient (Wildman–Crippen LogP) is 2.45. The van der Waals surface area contributed by atoms with Crippen LogP contribution in [0.5, 0.6) is 0 Å². The van der Waals surface area contributed by atoms with Gasteiger partial charge in [-0.1, -0.05) is 6.07 Å². The van der Waals surface area contributed by atoms with Gasteiger partial charge < -0.3 is 9.47 Å². The molecule has 2 heterocycles. The summed E-state index contributed by atoms with van der Waals surface area (Å²) in [6, 6.07) is 2.67. The first-order chi connectivity index (χ1) is 7.98. The van der Waals surface area contributed by atoms with Crippen LogP contribution in [0.2, 0.25) is 0 Å². The minimum Gasteiger partial charge on any atom is -0.457 e. The molecule has 1 aromatic rings. The molecule has 0 amide bonds. The van der Waals surface area contributed by atoms with E-state index in [9.17, 15) is 18.0 Å². The van der Waals surface area contributed by atoms with Crippen molar-refractivity contribution in [1.29, 1.82) is 0 Å². The van der Waals surface area contributed by atoms with Gasteiger partial charge in [0, 0.05) is 5.56 Å². The van der Waals surface area contributed by atoms with E-state index in [1.54, 1.807) is 0 Å². The molecule has 1 aromatic carbocycles. The summed E-state index contributed by atoms with van der Waals surface area (Å²) in [4.78, 5) is 11.2. The molecule has 1 atom stereocenters. The number of esters is 1. The van der Waals surface area contributed by atoms with E-state index >= 15 is 0 Å². The molecule has 0 bridgehead atoms. The first-order valence-electron chi connectivity index (χ1n) is 5.00. The predicted molar refractivity (Wildman–Crippen MR) is 49.3 cm³/mol. The van der Waals surface area contributed by atoms with Crippen molar-refractivity contribution in [1.82, 2.24) is 0 Å². The molecule has 2 aliphatic heterocycles. The van der Waals surface area contributed by atoms with Crippen LogP contribution >= 0.6 is 0 Å². The Bertz CT molecular complexity index is 503. The van der Waals surface area contributed by atoms with Gasteiger partial charge >= 0.3 is 12.1 Å². The standard InChI is InChI=1S/C11H7F3O3/c12-11(13,14)9-6(8-4-16-8)2-1-5-7(9)3-17-10(5)15/h1-2,8H,3-4H2/t8-/m0/s1. The zero-order valence-corrected chi connectivity index (χ0v) is 8.50. The lowest BCUT2D eigenvalue weighted by atomic mass is 9.95. The summed E-state index contributed by atoms with van der Waals surface area (Å²) in [5, 5.41) is 0. The van der Waals surface area contributed by atoms with Gasteiger partial charge in [0.05, 0.1) is 17.7 Å². The average Bonchev–Trinajstić information content (AvgIpc) is 3.02. The Morgan fingerprint density at radius 1 is 1.29 bits per heavy atom. The van der Waals surface area contributed by atoms with Gasteiger partial charge in [-0.25, -0.2) is 4.79 Å².